The summed E-state index contributed by atoms with van der Waals surface area (Å²) in [5.74, 6) is -0.835. The third kappa shape index (κ3) is 4.16. The second-order valence-electron chi connectivity index (χ2n) is 7.37. The first-order valence-corrected chi connectivity index (χ1v) is 9.41. The van der Waals surface area contributed by atoms with E-state index in [1.165, 1.54) is 12.1 Å². The van der Waals surface area contributed by atoms with Gasteiger partial charge in [-0.1, -0.05) is 42.0 Å². The van der Waals surface area contributed by atoms with E-state index in [-0.39, 0.29) is 24.7 Å². The first-order valence-electron chi connectivity index (χ1n) is 9.41. The number of ether oxygens (including phenoxy) is 1. The number of rotatable bonds is 6. The zero-order valence-electron chi connectivity index (χ0n) is 16.2. The van der Waals surface area contributed by atoms with Crippen LogP contribution in [0.3, 0.4) is 0 Å². The number of benzene rings is 2. The Morgan fingerprint density at radius 1 is 1.21 bits per heavy atom. The molecule has 0 bridgehead atoms. The maximum atomic E-state index is 13.4. The molecule has 1 fully saturated rings. The Hall–Kier alpha value is -2.89. The molecular formula is C22H25FN2O3. The van der Waals surface area contributed by atoms with E-state index in [1.54, 1.807) is 17.0 Å². The molecule has 1 heterocycles. The van der Waals surface area contributed by atoms with E-state index in [9.17, 15) is 14.0 Å². The Labute approximate surface area is 164 Å². The third-order valence-electron chi connectivity index (χ3n) is 5.45. The molecule has 2 aromatic rings. The molecule has 0 saturated carbocycles. The highest BCUT2D eigenvalue weighted by molar-refractivity contribution is 5.74. The number of halogens is 1. The van der Waals surface area contributed by atoms with Gasteiger partial charge in [0.25, 0.3) is 0 Å². The van der Waals surface area contributed by atoms with Gasteiger partial charge in [0, 0.05) is 25.8 Å². The second kappa shape index (κ2) is 8.00. The van der Waals surface area contributed by atoms with E-state index in [0.717, 1.165) is 11.1 Å². The maximum Gasteiger partial charge on any atom is 0.411 e. The summed E-state index contributed by atoms with van der Waals surface area (Å²) in [5.41, 5.74) is 7.18. The van der Waals surface area contributed by atoms with Gasteiger partial charge in [0.1, 0.15) is 11.4 Å². The van der Waals surface area contributed by atoms with Crippen molar-refractivity contribution in [2.75, 3.05) is 6.54 Å². The molecule has 2 aromatic carbocycles. The average Bonchev–Trinajstić information content (AvgIpc) is 2.67. The number of cyclic esters (lactones) is 1. The van der Waals surface area contributed by atoms with Crippen LogP contribution in [0.5, 0.6) is 0 Å². The van der Waals surface area contributed by atoms with Crippen molar-refractivity contribution >= 4 is 12.0 Å². The molecule has 1 saturated heterocycles. The van der Waals surface area contributed by atoms with Crippen molar-refractivity contribution in [3.05, 3.63) is 71.0 Å². The molecular weight excluding hydrogens is 359 g/mol. The van der Waals surface area contributed by atoms with Gasteiger partial charge in [-0.25, -0.2) is 9.18 Å². The lowest BCUT2D eigenvalue weighted by atomic mass is 9.84. The number of amides is 2. The quantitative estimate of drug-likeness (QED) is 0.811. The van der Waals surface area contributed by atoms with Crippen LogP contribution in [0.2, 0.25) is 0 Å². The predicted octanol–water partition coefficient (Wildman–Crippen LogP) is 4.20. The van der Waals surface area contributed by atoms with E-state index in [2.05, 4.69) is 0 Å². The molecule has 28 heavy (non-hydrogen) atoms. The number of primary amides is 1. The van der Waals surface area contributed by atoms with Crippen molar-refractivity contribution in [1.29, 1.82) is 0 Å². The fourth-order valence-electron chi connectivity index (χ4n) is 3.65. The number of nitrogens with zero attached hydrogens (tertiary/aromatic N) is 1. The first-order chi connectivity index (χ1) is 13.3. The Morgan fingerprint density at radius 3 is 2.43 bits per heavy atom. The highest BCUT2D eigenvalue weighted by Gasteiger charge is 2.43. The van der Waals surface area contributed by atoms with Gasteiger partial charge in [-0.2, -0.15) is 0 Å². The van der Waals surface area contributed by atoms with Crippen LogP contribution < -0.4 is 5.73 Å². The molecule has 148 valence electrons. The lowest BCUT2D eigenvalue weighted by molar-refractivity contribution is -0.121. The van der Waals surface area contributed by atoms with Crippen molar-refractivity contribution in [3.63, 3.8) is 0 Å². The molecule has 0 unspecified atom stereocenters. The molecule has 5 nitrogen and oxygen atoms in total. The maximum absolute atomic E-state index is 13.4. The van der Waals surface area contributed by atoms with Gasteiger partial charge in [0.05, 0.1) is 6.04 Å². The molecule has 2 N–H and O–H groups in total. The number of aryl methyl sites for hydroxylation is 1. The van der Waals surface area contributed by atoms with Crippen molar-refractivity contribution in [2.45, 2.75) is 44.8 Å². The molecule has 0 aliphatic carbocycles. The van der Waals surface area contributed by atoms with Gasteiger partial charge < -0.3 is 15.4 Å². The van der Waals surface area contributed by atoms with E-state index in [0.29, 0.717) is 18.5 Å². The Kier molecular flexibility index (Phi) is 5.68. The smallest absolute Gasteiger partial charge is 0.411 e. The van der Waals surface area contributed by atoms with Gasteiger partial charge in [-0.05, 0) is 37.1 Å². The number of carbonyl (C=O) groups is 2. The third-order valence-corrected chi connectivity index (χ3v) is 5.45. The summed E-state index contributed by atoms with van der Waals surface area (Å²) in [6.45, 7) is 4.43. The molecule has 6 heteroatoms. The molecule has 0 aromatic heterocycles. The zero-order chi connectivity index (χ0) is 20.3. The molecule has 2 amide bonds. The SMILES string of the molecule is Cc1ccc([C@H](C)N2CC[C@](CCC(N)=O)(c3ccc(F)cc3)OC2=O)cc1. The van der Waals surface area contributed by atoms with Gasteiger partial charge in [0.2, 0.25) is 5.91 Å². The summed E-state index contributed by atoms with van der Waals surface area (Å²) in [6, 6.07) is 13.7. The van der Waals surface area contributed by atoms with Crippen LogP contribution in [0.15, 0.2) is 48.5 Å². The van der Waals surface area contributed by atoms with Crippen molar-refractivity contribution in [1.82, 2.24) is 4.90 Å². The van der Waals surface area contributed by atoms with Crippen LogP contribution in [0.1, 0.15) is 48.9 Å². The lowest BCUT2D eigenvalue weighted by Gasteiger charge is -2.43. The fourth-order valence-corrected chi connectivity index (χ4v) is 3.65. The largest absolute Gasteiger partial charge is 0.438 e. The Morgan fingerprint density at radius 2 is 1.86 bits per heavy atom. The number of hydrogen-bond donors (Lipinski definition) is 1. The normalized spacial score (nSPS) is 20.5. The standard InChI is InChI=1S/C22H25FN2O3/c1-15-3-5-17(6-4-15)16(2)25-14-13-22(28-21(25)27,12-11-20(24)26)18-7-9-19(23)10-8-18/h3-10,16H,11-14H2,1-2H3,(H2,24,26)/t16-,22+/m0/s1. The van der Waals surface area contributed by atoms with Crippen LogP contribution in [-0.2, 0) is 15.1 Å². The summed E-state index contributed by atoms with van der Waals surface area (Å²) >= 11 is 0. The van der Waals surface area contributed by atoms with Crippen LogP contribution >= 0.6 is 0 Å². The van der Waals surface area contributed by atoms with Gasteiger partial charge in [-0.15, -0.1) is 0 Å². The van der Waals surface area contributed by atoms with E-state index >= 15 is 0 Å². The fraction of sp³-hybridized carbons (Fsp3) is 0.364. The minimum absolute atomic E-state index is 0.0815. The average molecular weight is 384 g/mol. The topological polar surface area (TPSA) is 72.6 Å². The molecule has 2 atom stereocenters. The number of carbonyl (C=O) groups excluding carboxylic acids is 2. The second-order valence-corrected chi connectivity index (χ2v) is 7.37. The van der Waals surface area contributed by atoms with E-state index in [1.807, 2.05) is 38.1 Å². The molecule has 1 aliphatic heterocycles. The van der Waals surface area contributed by atoms with Crippen LogP contribution in [0.25, 0.3) is 0 Å². The highest BCUT2D eigenvalue weighted by atomic mass is 19.1. The monoisotopic (exact) mass is 384 g/mol. The molecule has 1 aliphatic rings. The Balaban J connectivity index is 1.83. The first kappa shape index (κ1) is 19.9. The molecule has 0 spiro atoms. The molecule has 0 radical (unpaired) electrons. The van der Waals surface area contributed by atoms with Crippen molar-refractivity contribution in [2.24, 2.45) is 5.73 Å². The van der Waals surface area contributed by atoms with Gasteiger partial charge in [0.15, 0.2) is 0 Å². The lowest BCUT2D eigenvalue weighted by Crippen LogP contribution is -2.49. The summed E-state index contributed by atoms with van der Waals surface area (Å²) in [7, 11) is 0. The molecule has 3 rings (SSSR count). The number of hydrogen-bond acceptors (Lipinski definition) is 3. The van der Waals surface area contributed by atoms with E-state index in [4.69, 9.17) is 10.5 Å². The predicted molar refractivity (Wildman–Crippen MR) is 104 cm³/mol. The van der Waals surface area contributed by atoms with Crippen LogP contribution in [-0.4, -0.2) is 23.4 Å². The summed E-state index contributed by atoms with van der Waals surface area (Å²) in [5, 5.41) is 0. The minimum atomic E-state index is -0.983. The Bertz CT molecular complexity index is 851. The minimum Gasteiger partial charge on any atom is -0.438 e. The van der Waals surface area contributed by atoms with Crippen LogP contribution in [0, 0.1) is 12.7 Å². The van der Waals surface area contributed by atoms with Gasteiger partial charge >= 0.3 is 6.09 Å². The summed E-state index contributed by atoms with van der Waals surface area (Å²) in [4.78, 5) is 25.9. The van der Waals surface area contributed by atoms with E-state index < -0.39 is 17.6 Å². The van der Waals surface area contributed by atoms with Crippen LogP contribution in [0.4, 0.5) is 9.18 Å². The summed E-state index contributed by atoms with van der Waals surface area (Å²) < 4.78 is 19.2. The highest BCUT2D eigenvalue weighted by Crippen LogP contribution is 2.40. The van der Waals surface area contributed by atoms with Crippen molar-refractivity contribution in [3.8, 4) is 0 Å². The number of nitrogens with two attached hydrogens (primary N) is 1. The van der Waals surface area contributed by atoms with Crippen molar-refractivity contribution < 1.29 is 18.7 Å². The van der Waals surface area contributed by atoms with Gasteiger partial charge in [-0.3, -0.25) is 4.79 Å². The zero-order valence-corrected chi connectivity index (χ0v) is 16.2. The summed E-state index contributed by atoms with van der Waals surface area (Å²) in [6.07, 6.45) is 0.395.